The molecule has 0 aliphatic rings. The maximum Gasteiger partial charge on any atom is 0.0695 e. The summed E-state index contributed by atoms with van der Waals surface area (Å²) < 4.78 is 0. The third-order valence-corrected chi connectivity index (χ3v) is 4.41. The summed E-state index contributed by atoms with van der Waals surface area (Å²) in [5, 5.41) is 11.0. The van der Waals surface area contributed by atoms with Crippen LogP contribution in [0.5, 0.6) is 0 Å². The molecule has 0 spiro atoms. The summed E-state index contributed by atoms with van der Waals surface area (Å²) >= 11 is 0. The summed E-state index contributed by atoms with van der Waals surface area (Å²) in [4.78, 5) is 0. The van der Waals surface area contributed by atoms with E-state index in [1.807, 2.05) is 12.3 Å². The van der Waals surface area contributed by atoms with E-state index < -0.39 is 0 Å². The zero-order chi connectivity index (χ0) is 16.2. The summed E-state index contributed by atoms with van der Waals surface area (Å²) in [6.45, 7) is 7.25. The molecule has 2 aromatic carbocycles. The van der Waals surface area contributed by atoms with Gasteiger partial charge >= 0.3 is 0 Å². The molecular formula is C20H23N3. The number of H-pyrrole nitrogens is 1. The fraction of sp³-hybridized carbons (Fsp3) is 0.250. The van der Waals surface area contributed by atoms with Gasteiger partial charge in [0.15, 0.2) is 0 Å². The van der Waals surface area contributed by atoms with Crippen molar-refractivity contribution >= 4 is 0 Å². The molecular weight excluding hydrogens is 282 g/mol. The number of hydrogen-bond acceptors (Lipinski definition) is 2. The van der Waals surface area contributed by atoms with Crippen molar-refractivity contribution in [1.82, 2.24) is 15.5 Å². The fourth-order valence-electron chi connectivity index (χ4n) is 2.71. The van der Waals surface area contributed by atoms with Crippen LogP contribution in [0.1, 0.15) is 35.2 Å². The molecule has 1 heterocycles. The van der Waals surface area contributed by atoms with Crippen molar-refractivity contribution < 1.29 is 0 Å². The molecule has 23 heavy (non-hydrogen) atoms. The van der Waals surface area contributed by atoms with Crippen LogP contribution in [0.3, 0.4) is 0 Å². The Kier molecular flexibility index (Phi) is 4.58. The van der Waals surface area contributed by atoms with Crippen LogP contribution in [0.2, 0.25) is 0 Å². The molecule has 3 heteroatoms. The standard InChI is InChI=1S/C20H23N3/c1-14-9-10-18(11-15(14)2)20-19(13-22-23-20)12-21-16(3)17-7-5-4-6-8-17/h4-11,13,16,21H,12H2,1-3H3,(H,22,23)/t16-/m1/s1. The van der Waals surface area contributed by atoms with Gasteiger partial charge in [0.25, 0.3) is 0 Å². The number of benzene rings is 2. The molecule has 3 aromatic rings. The first kappa shape index (κ1) is 15.5. The van der Waals surface area contributed by atoms with Crippen LogP contribution in [-0.2, 0) is 6.54 Å². The molecule has 0 radical (unpaired) electrons. The Morgan fingerprint density at radius 2 is 1.83 bits per heavy atom. The third-order valence-electron chi connectivity index (χ3n) is 4.41. The van der Waals surface area contributed by atoms with Crippen molar-refractivity contribution in [1.29, 1.82) is 0 Å². The lowest BCUT2D eigenvalue weighted by molar-refractivity contribution is 0.575. The van der Waals surface area contributed by atoms with Gasteiger partial charge in [-0.25, -0.2) is 0 Å². The lowest BCUT2D eigenvalue weighted by Gasteiger charge is -2.14. The fourth-order valence-corrected chi connectivity index (χ4v) is 2.71. The van der Waals surface area contributed by atoms with Crippen LogP contribution in [0.25, 0.3) is 11.3 Å². The number of aromatic nitrogens is 2. The molecule has 0 fully saturated rings. The van der Waals surface area contributed by atoms with Crippen LogP contribution in [-0.4, -0.2) is 10.2 Å². The smallest absolute Gasteiger partial charge is 0.0695 e. The van der Waals surface area contributed by atoms with E-state index in [0.717, 1.165) is 12.2 Å². The van der Waals surface area contributed by atoms with Crippen molar-refractivity contribution in [2.45, 2.75) is 33.4 Å². The van der Waals surface area contributed by atoms with E-state index in [1.165, 1.54) is 27.8 Å². The second-order valence-electron chi connectivity index (χ2n) is 6.08. The quantitative estimate of drug-likeness (QED) is 0.726. The van der Waals surface area contributed by atoms with Gasteiger partial charge in [0.2, 0.25) is 0 Å². The summed E-state index contributed by atoms with van der Waals surface area (Å²) in [5.41, 5.74) is 7.38. The average Bonchev–Trinajstić information content (AvgIpc) is 3.04. The van der Waals surface area contributed by atoms with E-state index in [9.17, 15) is 0 Å². The summed E-state index contributed by atoms with van der Waals surface area (Å²) in [7, 11) is 0. The highest BCUT2D eigenvalue weighted by atomic mass is 15.1. The van der Waals surface area contributed by atoms with Crippen molar-refractivity contribution in [2.75, 3.05) is 0 Å². The zero-order valence-electron chi connectivity index (χ0n) is 13.9. The van der Waals surface area contributed by atoms with E-state index >= 15 is 0 Å². The van der Waals surface area contributed by atoms with Crippen molar-refractivity contribution in [3.8, 4) is 11.3 Å². The Morgan fingerprint density at radius 3 is 2.57 bits per heavy atom. The number of rotatable bonds is 5. The lowest BCUT2D eigenvalue weighted by Crippen LogP contribution is -2.18. The highest BCUT2D eigenvalue weighted by molar-refractivity contribution is 5.64. The minimum Gasteiger partial charge on any atom is -0.306 e. The molecule has 0 saturated heterocycles. The Bertz CT molecular complexity index is 775. The molecule has 2 N–H and O–H groups in total. The van der Waals surface area contributed by atoms with E-state index in [1.54, 1.807) is 0 Å². The van der Waals surface area contributed by atoms with Crippen LogP contribution >= 0.6 is 0 Å². The van der Waals surface area contributed by atoms with Crippen molar-refractivity contribution in [2.24, 2.45) is 0 Å². The zero-order valence-corrected chi connectivity index (χ0v) is 13.9. The maximum atomic E-state index is 4.24. The Hall–Kier alpha value is -2.39. The normalized spacial score (nSPS) is 12.3. The SMILES string of the molecule is Cc1ccc(-c2[nH]ncc2CN[C@H](C)c2ccccc2)cc1C. The van der Waals surface area contributed by atoms with E-state index in [0.29, 0.717) is 6.04 Å². The number of hydrogen-bond donors (Lipinski definition) is 2. The molecule has 1 aromatic heterocycles. The molecule has 3 rings (SSSR count). The number of nitrogens with zero attached hydrogens (tertiary/aromatic N) is 1. The predicted octanol–water partition coefficient (Wildman–Crippen LogP) is 4.54. The molecule has 3 nitrogen and oxygen atoms in total. The van der Waals surface area contributed by atoms with Crippen LogP contribution in [0, 0.1) is 13.8 Å². The van der Waals surface area contributed by atoms with Crippen LogP contribution in [0.15, 0.2) is 54.7 Å². The molecule has 0 aliphatic heterocycles. The monoisotopic (exact) mass is 305 g/mol. The third kappa shape index (κ3) is 3.51. The van der Waals surface area contributed by atoms with Gasteiger partial charge in [0.05, 0.1) is 11.9 Å². The summed E-state index contributed by atoms with van der Waals surface area (Å²) in [6.07, 6.45) is 1.91. The molecule has 0 bridgehead atoms. The predicted molar refractivity (Wildman–Crippen MR) is 95.2 cm³/mol. The Labute approximate surface area is 137 Å². The molecule has 118 valence electrons. The highest BCUT2D eigenvalue weighted by Gasteiger charge is 2.10. The van der Waals surface area contributed by atoms with Crippen molar-refractivity contribution in [3.63, 3.8) is 0 Å². The summed E-state index contributed by atoms with van der Waals surface area (Å²) in [6, 6.07) is 17.3. The number of aromatic amines is 1. The van der Waals surface area contributed by atoms with Gasteiger partial charge in [-0.15, -0.1) is 0 Å². The molecule has 0 saturated carbocycles. The lowest BCUT2D eigenvalue weighted by atomic mass is 10.0. The van der Waals surface area contributed by atoms with Crippen molar-refractivity contribution in [3.05, 3.63) is 77.0 Å². The van der Waals surface area contributed by atoms with E-state index in [4.69, 9.17) is 0 Å². The van der Waals surface area contributed by atoms with Crippen LogP contribution in [0.4, 0.5) is 0 Å². The van der Waals surface area contributed by atoms with Gasteiger partial charge in [-0.3, -0.25) is 5.10 Å². The second kappa shape index (κ2) is 6.80. The van der Waals surface area contributed by atoms with Gasteiger partial charge in [-0.05, 0) is 43.5 Å². The summed E-state index contributed by atoms with van der Waals surface area (Å²) in [5.74, 6) is 0. The first-order chi connectivity index (χ1) is 11.1. The first-order valence-corrected chi connectivity index (χ1v) is 8.03. The highest BCUT2D eigenvalue weighted by Crippen LogP contribution is 2.24. The van der Waals surface area contributed by atoms with Gasteiger partial charge in [-0.1, -0.05) is 42.5 Å². The Morgan fingerprint density at radius 1 is 1.04 bits per heavy atom. The number of aryl methyl sites for hydroxylation is 2. The molecule has 1 atom stereocenters. The molecule has 0 amide bonds. The van der Waals surface area contributed by atoms with E-state index in [-0.39, 0.29) is 0 Å². The largest absolute Gasteiger partial charge is 0.306 e. The van der Waals surface area contributed by atoms with Gasteiger partial charge in [-0.2, -0.15) is 5.10 Å². The number of nitrogens with one attached hydrogen (secondary N) is 2. The minimum absolute atomic E-state index is 0.304. The minimum atomic E-state index is 0.304. The molecule has 0 aliphatic carbocycles. The van der Waals surface area contributed by atoms with Crippen LogP contribution < -0.4 is 5.32 Å². The molecule has 0 unspecified atom stereocenters. The van der Waals surface area contributed by atoms with E-state index in [2.05, 4.69) is 78.7 Å². The van der Waals surface area contributed by atoms with Gasteiger partial charge in [0.1, 0.15) is 0 Å². The van der Waals surface area contributed by atoms with Gasteiger partial charge in [0, 0.05) is 23.7 Å². The van der Waals surface area contributed by atoms with Gasteiger partial charge < -0.3 is 5.32 Å². The topological polar surface area (TPSA) is 40.7 Å². The Balaban J connectivity index is 1.75. The maximum absolute atomic E-state index is 4.24. The second-order valence-corrected chi connectivity index (χ2v) is 6.08. The average molecular weight is 305 g/mol. The first-order valence-electron chi connectivity index (χ1n) is 8.03.